The molecule has 2 N–H and O–H groups in total. The zero-order valence-electron chi connectivity index (χ0n) is 12.0. The zero-order chi connectivity index (χ0) is 14.8. The molecule has 5 nitrogen and oxygen atoms in total. The first kappa shape index (κ1) is 13.8. The van der Waals surface area contributed by atoms with Crippen molar-refractivity contribution in [1.82, 2.24) is 9.88 Å². The molecule has 5 heteroatoms. The summed E-state index contributed by atoms with van der Waals surface area (Å²) in [6.45, 7) is 1.95. The first-order chi connectivity index (χ1) is 10.1. The third-order valence-corrected chi connectivity index (χ3v) is 4.13. The average Bonchev–Trinajstić information content (AvgIpc) is 2.89. The molecule has 2 heterocycles. The fourth-order valence-corrected chi connectivity index (χ4v) is 2.90. The van der Waals surface area contributed by atoms with Crippen molar-refractivity contribution >= 4 is 22.6 Å². The summed E-state index contributed by atoms with van der Waals surface area (Å²) in [5, 5.41) is 13.6. The van der Waals surface area contributed by atoms with E-state index in [4.69, 9.17) is 0 Å². The number of carbonyl (C=O) groups is 1. The fourth-order valence-electron chi connectivity index (χ4n) is 2.90. The highest BCUT2D eigenvalue weighted by atomic mass is 16.4. The van der Waals surface area contributed by atoms with Gasteiger partial charge >= 0.3 is 5.97 Å². The SMILES string of the molecule is CN1CCCC1CNc1cc(C(=O)O)nc2ccccc12. The lowest BCUT2D eigenvalue weighted by Crippen LogP contribution is -2.31. The van der Waals surface area contributed by atoms with Gasteiger partial charge in [-0.3, -0.25) is 0 Å². The van der Waals surface area contributed by atoms with Gasteiger partial charge in [-0.1, -0.05) is 18.2 Å². The summed E-state index contributed by atoms with van der Waals surface area (Å²) in [4.78, 5) is 17.7. The first-order valence-corrected chi connectivity index (χ1v) is 7.22. The van der Waals surface area contributed by atoms with Gasteiger partial charge in [-0.15, -0.1) is 0 Å². The molecule has 0 amide bonds. The standard InChI is InChI=1S/C16H19N3O2/c1-19-8-4-5-11(19)10-17-14-9-15(16(20)21)18-13-7-3-2-6-12(13)14/h2-3,6-7,9,11H,4-5,8,10H2,1H3,(H,17,18)(H,20,21). The third kappa shape index (κ3) is 2.83. The molecule has 1 aliphatic rings. The number of likely N-dealkylation sites (N-methyl/N-ethyl adjacent to an activating group) is 1. The van der Waals surface area contributed by atoms with E-state index in [1.807, 2.05) is 24.3 Å². The number of aromatic nitrogens is 1. The van der Waals surface area contributed by atoms with Crippen LogP contribution in [0.5, 0.6) is 0 Å². The number of carboxylic acid groups (broad SMARTS) is 1. The van der Waals surface area contributed by atoms with E-state index in [2.05, 4.69) is 22.2 Å². The maximum absolute atomic E-state index is 11.2. The summed E-state index contributed by atoms with van der Waals surface area (Å²) in [5.74, 6) is -0.998. The molecule has 0 radical (unpaired) electrons. The number of pyridine rings is 1. The molecule has 2 aromatic rings. The Balaban J connectivity index is 1.90. The monoisotopic (exact) mass is 285 g/mol. The Labute approximate surface area is 123 Å². The number of hydrogen-bond acceptors (Lipinski definition) is 4. The van der Waals surface area contributed by atoms with Crippen LogP contribution in [0.2, 0.25) is 0 Å². The van der Waals surface area contributed by atoms with Crippen molar-refractivity contribution in [2.24, 2.45) is 0 Å². The summed E-state index contributed by atoms with van der Waals surface area (Å²) in [7, 11) is 2.13. The van der Waals surface area contributed by atoms with Crippen LogP contribution in [-0.2, 0) is 0 Å². The second-order valence-corrected chi connectivity index (χ2v) is 5.53. The Morgan fingerprint density at radius 3 is 3.00 bits per heavy atom. The minimum absolute atomic E-state index is 0.0796. The molecule has 1 unspecified atom stereocenters. The molecule has 3 rings (SSSR count). The van der Waals surface area contributed by atoms with Gasteiger partial charge in [0, 0.05) is 23.7 Å². The molecule has 1 fully saturated rings. The summed E-state index contributed by atoms with van der Waals surface area (Å²) in [6, 6.07) is 9.75. The van der Waals surface area contributed by atoms with E-state index >= 15 is 0 Å². The Kier molecular flexibility index (Phi) is 3.75. The van der Waals surface area contributed by atoms with Gasteiger partial charge in [0.1, 0.15) is 0 Å². The number of nitrogens with zero attached hydrogens (tertiary/aromatic N) is 2. The minimum Gasteiger partial charge on any atom is -0.477 e. The summed E-state index contributed by atoms with van der Waals surface area (Å²) in [6.07, 6.45) is 2.40. The molecule has 110 valence electrons. The Morgan fingerprint density at radius 1 is 1.48 bits per heavy atom. The fraction of sp³-hybridized carbons (Fsp3) is 0.375. The molecule has 1 atom stereocenters. The maximum Gasteiger partial charge on any atom is 0.354 e. The van der Waals surface area contributed by atoms with E-state index in [9.17, 15) is 9.90 Å². The van der Waals surface area contributed by atoms with Gasteiger partial charge in [0.05, 0.1) is 5.52 Å². The molecule has 1 aliphatic heterocycles. The number of benzene rings is 1. The maximum atomic E-state index is 11.2. The summed E-state index contributed by atoms with van der Waals surface area (Å²) >= 11 is 0. The molecule has 1 aromatic heterocycles. The highest BCUT2D eigenvalue weighted by Crippen LogP contribution is 2.24. The average molecular weight is 285 g/mol. The van der Waals surface area contributed by atoms with Crippen molar-refractivity contribution < 1.29 is 9.90 Å². The Bertz CT molecular complexity index is 672. The number of anilines is 1. The summed E-state index contributed by atoms with van der Waals surface area (Å²) < 4.78 is 0. The number of carboxylic acids is 1. The van der Waals surface area contributed by atoms with Crippen LogP contribution in [0.1, 0.15) is 23.3 Å². The zero-order valence-corrected chi connectivity index (χ0v) is 12.0. The lowest BCUT2D eigenvalue weighted by Gasteiger charge is -2.21. The van der Waals surface area contributed by atoms with Crippen molar-refractivity contribution in [3.63, 3.8) is 0 Å². The Hall–Kier alpha value is -2.14. The van der Waals surface area contributed by atoms with E-state index < -0.39 is 5.97 Å². The number of rotatable bonds is 4. The number of hydrogen-bond donors (Lipinski definition) is 2. The van der Waals surface area contributed by atoms with Gasteiger partial charge in [-0.25, -0.2) is 9.78 Å². The molecule has 0 spiro atoms. The largest absolute Gasteiger partial charge is 0.477 e. The van der Waals surface area contributed by atoms with E-state index in [1.54, 1.807) is 6.07 Å². The first-order valence-electron chi connectivity index (χ1n) is 7.22. The summed E-state index contributed by atoms with van der Waals surface area (Å²) in [5.41, 5.74) is 1.63. The number of likely N-dealkylation sites (tertiary alicyclic amines) is 1. The molecular weight excluding hydrogens is 266 g/mol. The second kappa shape index (κ2) is 5.69. The van der Waals surface area contributed by atoms with Crippen LogP contribution in [0.3, 0.4) is 0 Å². The number of aromatic carboxylic acids is 1. The van der Waals surface area contributed by atoms with Crippen molar-refractivity contribution in [2.75, 3.05) is 25.5 Å². The van der Waals surface area contributed by atoms with Gasteiger partial charge in [0.25, 0.3) is 0 Å². The number of fused-ring (bicyclic) bond motifs is 1. The third-order valence-electron chi connectivity index (χ3n) is 4.13. The van der Waals surface area contributed by atoms with Gasteiger partial charge in [-0.2, -0.15) is 0 Å². The lowest BCUT2D eigenvalue weighted by molar-refractivity contribution is 0.0691. The van der Waals surface area contributed by atoms with E-state index in [1.165, 1.54) is 12.8 Å². The molecule has 21 heavy (non-hydrogen) atoms. The number of para-hydroxylation sites is 1. The molecule has 0 saturated carbocycles. The van der Waals surface area contributed by atoms with Crippen LogP contribution in [0, 0.1) is 0 Å². The molecular formula is C16H19N3O2. The molecule has 1 saturated heterocycles. The van der Waals surface area contributed by atoms with Crippen molar-refractivity contribution in [1.29, 1.82) is 0 Å². The van der Waals surface area contributed by atoms with Crippen LogP contribution >= 0.6 is 0 Å². The topological polar surface area (TPSA) is 65.5 Å². The Morgan fingerprint density at radius 2 is 2.29 bits per heavy atom. The normalized spacial score (nSPS) is 19.0. The highest BCUT2D eigenvalue weighted by Gasteiger charge is 2.20. The molecule has 0 aliphatic carbocycles. The molecule has 1 aromatic carbocycles. The highest BCUT2D eigenvalue weighted by molar-refractivity contribution is 5.97. The van der Waals surface area contributed by atoms with Crippen LogP contribution in [0.25, 0.3) is 10.9 Å². The lowest BCUT2D eigenvalue weighted by atomic mass is 10.1. The van der Waals surface area contributed by atoms with Gasteiger partial charge in [0.15, 0.2) is 5.69 Å². The molecule has 0 bridgehead atoms. The smallest absolute Gasteiger partial charge is 0.354 e. The van der Waals surface area contributed by atoms with E-state index in [0.717, 1.165) is 24.2 Å². The van der Waals surface area contributed by atoms with Crippen LogP contribution < -0.4 is 5.32 Å². The van der Waals surface area contributed by atoms with Crippen molar-refractivity contribution in [2.45, 2.75) is 18.9 Å². The van der Waals surface area contributed by atoms with Crippen molar-refractivity contribution in [3.8, 4) is 0 Å². The van der Waals surface area contributed by atoms with Crippen LogP contribution in [-0.4, -0.2) is 47.1 Å². The predicted molar refractivity (Wildman–Crippen MR) is 82.8 cm³/mol. The van der Waals surface area contributed by atoms with E-state index in [0.29, 0.717) is 11.6 Å². The van der Waals surface area contributed by atoms with Gasteiger partial charge < -0.3 is 15.3 Å². The quantitative estimate of drug-likeness (QED) is 0.903. The van der Waals surface area contributed by atoms with Crippen LogP contribution in [0.15, 0.2) is 30.3 Å². The van der Waals surface area contributed by atoms with Crippen molar-refractivity contribution in [3.05, 3.63) is 36.0 Å². The predicted octanol–water partition coefficient (Wildman–Crippen LogP) is 2.44. The van der Waals surface area contributed by atoms with Gasteiger partial charge in [-0.05, 0) is 38.6 Å². The minimum atomic E-state index is -0.998. The van der Waals surface area contributed by atoms with Crippen LogP contribution in [0.4, 0.5) is 5.69 Å². The van der Waals surface area contributed by atoms with Gasteiger partial charge in [0.2, 0.25) is 0 Å². The second-order valence-electron chi connectivity index (χ2n) is 5.53. The van der Waals surface area contributed by atoms with E-state index in [-0.39, 0.29) is 5.69 Å². The number of nitrogens with one attached hydrogen (secondary N) is 1.